The lowest BCUT2D eigenvalue weighted by Crippen LogP contribution is -2.25. The molecule has 18 heavy (non-hydrogen) atoms. The standard InChI is InChI=1S/C11H14BrClN2O2S/c12-9-5-8(14)6-10(11(9)13)18(16,17)15-4-3-7-1-2-7/h5-7,15H,1-4,14H2. The van der Waals surface area contributed by atoms with Gasteiger partial charge in [0.1, 0.15) is 4.90 Å². The van der Waals surface area contributed by atoms with Gasteiger partial charge in [0.2, 0.25) is 10.0 Å². The Morgan fingerprint density at radius 1 is 1.44 bits per heavy atom. The third-order valence-electron chi connectivity index (χ3n) is 2.85. The number of nitrogens with two attached hydrogens (primary N) is 1. The Labute approximate surface area is 120 Å². The second-order valence-corrected chi connectivity index (χ2v) is 7.41. The van der Waals surface area contributed by atoms with Crippen LogP contribution in [0.2, 0.25) is 5.02 Å². The molecule has 2 rings (SSSR count). The summed E-state index contributed by atoms with van der Waals surface area (Å²) >= 11 is 9.17. The minimum absolute atomic E-state index is 0.0202. The van der Waals surface area contributed by atoms with Gasteiger partial charge in [0.15, 0.2) is 0 Å². The number of rotatable bonds is 5. The number of benzene rings is 1. The molecule has 0 aromatic heterocycles. The van der Waals surface area contributed by atoms with Gasteiger partial charge in [0, 0.05) is 16.7 Å². The number of nitrogens with one attached hydrogen (secondary N) is 1. The van der Waals surface area contributed by atoms with Crippen LogP contribution in [0.3, 0.4) is 0 Å². The molecule has 0 heterocycles. The summed E-state index contributed by atoms with van der Waals surface area (Å²) in [5.74, 6) is 0.677. The number of sulfonamides is 1. The molecule has 3 N–H and O–H groups in total. The Morgan fingerprint density at radius 2 is 2.11 bits per heavy atom. The maximum atomic E-state index is 12.1. The molecule has 100 valence electrons. The molecule has 7 heteroatoms. The van der Waals surface area contributed by atoms with E-state index in [1.807, 2.05) is 0 Å². The summed E-state index contributed by atoms with van der Waals surface area (Å²) in [5, 5.41) is 0.156. The van der Waals surface area contributed by atoms with Gasteiger partial charge in [0.25, 0.3) is 0 Å². The molecule has 1 aliphatic carbocycles. The molecule has 0 atom stereocenters. The van der Waals surface area contributed by atoms with Gasteiger partial charge in [-0.1, -0.05) is 24.4 Å². The molecule has 0 aliphatic heterocycles. The van der Waals surface area contributed by atoms with E-state index in [2.05, 4.69) is 20.7 Å². The molecular formula is C11H14BrClN2O2S. The summed E-state index contributed by atoms with van der Waals surface area (Å²) in [6.07, 6.45) is 3.28. The lowest BCUT2D eigenvalue weighted by atomic mass is 10.3. The van der Waals surface area contributed by atoms with Crippen molar-refractivity contribution in [3.63, 3.8) is 0 Å². The zero-order chi connectivity index (χ0) is 13.3. The first-order valence-electron chi connectivity index (χ1n) is 5.64. The summed E-state index contributed by atoms with van der Waals surface area (Å²) in [5.41, 5.74) is 5.99. The Hall–Kier alpha value is -0.300. The molecule has 0 unspecified atom stereocenters. The second kappa shape index (κ2) is 5.36. The average molecular weight is 354 g/mol. The highest BCUT2D eigenvalue weighted by Crippen LogP contribution is 2.33. The summed E-state index contributed by atoms with van der Waals surface area (Å²) in [6.45, 7) is 0.440. The van der Waals surface area contributed by atoms with E-state index >= 15 is 0 Å². The first-order valence-corrected chi connectivity index (χ1v) is 8.30. The van der Waals surface area contributed by atoms with Crippen LogP contribution in [-0.2, 0) is 10.0 Å². The van der Waals surface area contributed by atoms with Crippen LogP contribution < -0.4 is 10.5 Å². The maximum Gasteiger partial charge on any atom is 0.242 e. The van der Waals surface area contributed by atoms with Crippen LogP contribution in [0.15, 0.2) is 21.5 Å². The number of anilines is 1. The molecule has 4 nitrogen and oxygen atoms in total. The third kappa shape index (κ3) is 3.38. The van der Waals surface area contributed by atoms with Crippen molar-refractivity contribution in [3.8, 4) is 0 Å². The molecule has 1 saturated carbocycles. The first-order chi connectivity index (χ1) is 8.40. The Morgan fingerprint density at radius 3 is 2.72 bits per heavy atom. The monoisotopic (exact) mass is 352 g/mol. The quantitative estimate of drug-likeness (QED) is 0.800. The van der Waals surface area contributed by atoms with Crippen molar-refractivity contribution in [1.82, 2.24) is 4.72 Å². The number of hydrogen-bond donors (Lipinski definition) is 2. The van der Waals surface area contributed by atoms with E-state index in [1.54, 1.807) is 6.07 Å². The lowest BCUT2D eigenvalue weighted by Gasteiger charge is -2.10. The molecular weight excluding hydrogens is 340 g/mol. The van der Waals surface area contributed by atoms with Gasteiger partial charge in [0.05, 0.1) is 5.02 Å². The minimum Gasteiger partial charge on any atom is -0.399 e. The van der Waals surface area contributed by atoms with E-state index in [4.69, 9.17) is 17.3 Å². The van der Waals surface area contributed by atoms with Gasteiger partial charge in [-0.05, 0) is 40.4 Å². The van der Waals surface area contributed by atoms with Gasteiger partial charge in [-0.25, -0.2) is 13.1 Å². The van der Waals surface area contributed by atoms with E-state index in [0.29, 0.717) is 22.6 Å². The van der Waals surface area contributed by atoms with E-state index in [-0.39, 0.29) is 9.92 Å². The summed E-state index contributed by atoms with van der Waals surface area (Å²) in [7, 11) is -3.60. The van der Waals surface area contributed by atoms with E-state index in [1.165, 1.54) is 18.9 Å². The zero-order valence-corrected chi connectivity index (χ0v) is 12.8. The number of halogens is 2. The SMILES string of the molecule is Nc1cc(Br)c(Cl)c(S(=O)(=O)NCCC2CC2)c1. The normalized spacial score (nSPS) is 15.9. The van der Waals surface area contributed by atoms with Crippen LogP contribution >= 0.6 is 27.5 Å². The van der Waals surface area contributed by atoms with E-state index in [9.17, 15) is 8.42 Å². The largest absolute Gasteiger partial charge is 0.399 e. The average Bonchev–Trinajstić information content (AvgIpc) is 3.07. The lowest BCUT2D eigenvalue weighted by molar-refractivity contribution is 0.575. The van der Waals surface area contributed by atoms with Crippen molar-refractivity contribution in [2.24, 2.45) is 5.92 Å². The van der Waals surface area contributed by atoms with E-state index < -0.39 is 10.0 Å². The molecule has 1 fully saturated rings. The van der Waals surface area contributed by atoms with Gasteiger partial charge in [-0.3, -0.25) is 0 Å². The third-order valence-corrected chi connectivity index (χ3v) is 5.71. The van der Waals surface area contributed by atoms with Crippen molar-refractivity contribution in [3.05, 3.63) is 21.6 Å². The van der Waals surface area contributed by atoms with Gasteiger partial charge in [-0.2, -0.15) is 0 Å². The Kier molecular flexibility index (Phi) is 4.21. The van der Waals surface area contributed by atoms with Crippen LogP contribution in [-0.4, -0.2) is 15.0 Å². The predicted molar refractivity (Wildman–Crippen MR) is 76.1 cm³/mol. The van der Waals surface area contributed by atoms with Crippen LogP contribution in [0.25, 0.3) is 0 Å². The molecule has 0 spiro atoms. The van der Waals surface area contributed by atoms with Gasteiger partial charge < -0.3 is 5.73 Å². The summed E-state index contributed by atoms with van der Waals surface area (Å²) in [6, 6.07) is 2.94. The fourth-order valence-corrected chi connectivity index (χ4v) is 3.86. The molecule has 1 aliphatic rings. The fraction of sp³-hybridized carbons (Fsp3) is 0.455. The van der Waals surface area contributed by atoms with Crippen LogP contribution in [0.1, 0.15) is 19.3 Å². The molecule has 0 radical (unpaired) electrons. The molecule has 0 amide bonds. The van der Waals surface area contributed by atoms with Crippen molar-refractivity contribution < 1.29 is 8.42 Å². The fourth-order valence-electron chi connectivity index (χ4n) is 1.66. The van der Waals surface area contributed by atoms with Gasteiger partial charge in [-0.15, -0.1) is 0 Å². The van der Waals surface area contributed by atoms with Crippen molar-refractivity contribution in [2.75, 3.05) is 12.3 Å². The van der Waals surface area contributed by atoms with Crippen LogP contribution in [0.4, 0.5) is 5.69 Å². The Balaban J connectivity index is 2.17. The van der Waals surface area contributed by atoms with Crippen molar-refractivity contribution in [2.45, 2.75) is 24.2 Å². The first kappa shape index (κ1) is 14.1. The number of nitrogen functional groups attached to an aromatic ring is 1. The van der Waals surface area contributed by atoms with Gasteiger partial charge >= 0.3 is 0 Å². The molecule has 1 aromatic carbocycles. The number of hydrogen-bond acceptors (Lipinski definition) is 3. The Bertz CT molecular complexity index is 558. The summed E-state index contributed by atoms with van der Waals surface area (Å²) in [4.78, 5) is 0.0202. The highest BCUT2D eigenvalue weighted by Gasteiger charge is 2.23. The molecule has 1 aromatic rings. The topological polar surface area (TPSA) is 72.2 Å². The molecule has 0 saturated heterocycles. The zero-order valence-electron chi connectivity index (χ0n) is 9.62. The highest BCUT2D eigenvalue weighted by atomic mass is 79.9. The second-order valence-electron chi connectivity index (χ2n) is 4.44. The van der Waals surface area contributed by atoms with Crippen LogP contribution in [0, 0.1) is 5.92 Å². The van der Waals surface area contributed by atoms with Crippen molar-refractivity contribution >= 4 is 43.2 Å². The molecule has 0 bridgehead atoms. The van der Waals surface area contributed by atoms with Crippen molar-refractivity contribution in [1.29, 1.82) is 0 Å². The highest BCUT2D eigenvalue weighted by molar-refractivity contribution is 9.10. The smallest absolute Gasteiger partial charge is 0.242 e. The van der Waals surface area contributed by atoms with Crippen LogP contribution in [0.5, 0.6) is 0 Å². The predicted octanol–water partition coefficient (Wildman–Crippen LogP) is 2.76. The summed E-state index contributed by atoms with van der Waals surface area (Å²) < 4.78 is 27.2. The minimum atomic E-state index is -3.60. The van der Waals surface area contributed by atoms with E-state index in [0.717, 1.165) is 6.42 Å². The maximum absolute atomic E-state index is 12.1.